The molecule has 0 fully saturated rings. The molecule has 42 heavy (non-hydrogen) atoms. The summed E-state index contributed by atoms with van der Waals surface area (Å²) in [6.45, 7) is 8.33. The van der Waals surface area contributed by atoms with Gasteiger partial charge in [0.05, 0.1) is 28.2 Å². The second-order valence-electron chi connectivity index (χ2n) is 11.6. The Hall–Kier alpha value is -4.32. The molecule has 0 saturated heterocycles. The van der Waals surface area contributed by atoms with E-state index in [4.69, 9.17) is 0 Å². The molecule has 4 rings (SSSR count). The maximum atomic E-state index is 4.54. The maximum absolute atomic E-state index is 4.54. The van der Waals surface area contributed by atoms with Crippen molar-refractivity contribution in [3.05, 3.63) is 121 Å². The number of guanidine groups is 2. The molecule has 6 heteroatoms. The third-order valence-corrected chi connectivity index (χ3v) is 7.09. The van der Waals surface area contributed by atoms with Crippen LogP contribution in [0.1, 0.15) is 27.7 Å². The van der Waals surface area contributed by atoms with Crippen molar-refractivity contribution in [3.63, 3.8) is 0 Å². The Morgan fingerprint density at radius 1 is 0.619 bits per heavy atom. The molecule has 4 aromatic rings. The molecular weight excluding hydrogens is 513 g/mol. The molecule has 0 aliphatic heterocycles. The van der Waals surface area contributed by atoms with Crippen molar-refractivity contribution in [1.82, 2.24) is 15.5 Å². The highest BCUT2D eigenvalue weighted by Gasteiger charge is 2.31. The smallest absolute Gasteiger partial charge is 0.341 e. The van der Waals surface area contributed by atoms with E-state index in [-0.39, 0.29) is 6.04 Å². The summed E-state index contributed by atoms with van der Waals surface area (Å²) in [5.74, 6) is 1.81. The van der Waals surface area contributed by atoms with Crippen LogP contribution < -0.4 is 32.5 Å². The van der Waals surface area contributed by atoms with E-state index in [2.05, 4.69) is 165 Å². The summed E-state index contributed by atoms with van der Waals surface area (Å²) in [6, 6.07) is 44.1. The molecule has 4 aromatic carbocycles. The van der Waals surface area contributed by atoms with Gasteiger partial charge in [0, 0.05) is 12.1 Å². The normalized spacial score (nSPS) is 11.4. The first kappa shape index (κ1) is 32.2. The van der Waals surface area contributed by atoms with Gasteiger partial charge in [-0.2, -0.15) is 21.9 Å². The molecule has 0 atom stereocenters. The molecule has 0 aliphatic rings. The lowest BCUT2D eigenvalue weighted by atomic mass is 9.13. The fraction of sp³-hybridized carbons (Fsp3) is 0.278. The molecule has 2 N–H and O–H groups in total. The zero-order valence-electron chi connectivity index (χ0n) is 26.6. The largest absolute Gasteiger partial charge is 0.354 e. The van der Waals surface area contributed by atoms with Gasteiger partial charge in [-0.25, -0.2) is 10.3 Å². The number of nitrogens with zero attached hydrogens (tertiary/aromatic N) is 3. The van der Waals surface area contributed by atoms with Crippen LogP contribution in [-0.2, 0) is 0 Å². The van der Waals surface area contributed by atoms with Crippen LogP contribution in [0.15, 0.2) is 126 Å². The van der Waals surface area contributed by atoms with Crippen LogP contribution >= 0.6 is 0 Å². The average Bonchev–Trinajstić information content (AvgIpc) is 2.98. The van der Waals surface area contributed by atoms with Crippen molar-refractivity contribution in [1.29, 1.82) is 0 Å². The first-order chi connectivity index (χ1) is 20.2. The van der Waals surface area contributed by atoms with Crippen molar-refractivity contribution in [3.8, 4) is 0 Å². The molecule has 0 spiro atoms. The summed E-state index contributed by atoms with van der Waals surface area (Å²) in [4.78, 5) is 6.57. The van der Waals surface area contributed by atoms with Crippen molar-refractivity contribution < 1.29 is 4.58 Å². The van der Waals surface area contributed by atoms with E-state index < -0.39 is 6.15 Å². The number of nitrogens with one attached hydrogen (secondary N) is 2. The zero-order chi connectivity index (χ0) is 30.5. The van der Waals surface area contributed by atoms with Crippen LogP contribution in [0, 0.1) is 0 Å². The fourth-order valence-corrected chi connectivity index (χ4v) is 5.49. The second-order valence-corrected chi connectivity index (χ2v) is 11.6. The minimum absolute atomic E-state index is 0.259. The van der Waals surface area contributed by atoms with E-state index in [1.54, 1.807) is 0 Å². The van der Waals surface area contributed by atoms with Gasteiger partial charge < -0.3 is 5.32 Å². The van der Waals surface area contributed by atoms with Gasteiger partial charge in [0.1, 0.15) is 6.15 Å². The molecule has 0 radical (unpaired) electrons. The van der Waals surface area contributed by atoms with Crippen LogP contribution in [-0.4, -0.2) is 67.8 Å². The number of benzene rings is 4. The average molecular weight is 562 g/mol. The van der Waals surface area contributed by atoms with Crippen LogP contribution in [0.5, 0.6) is 0 Å². The van der Waals surface area contributed by atoms with Gasteiger partial charge in [-0.3, -0.25) is 9.48 Å². The van der Waals surface area contributed by atoms with Gasteiger partial charge in [0.25, 0.3) is 5.96 Å². The summed E-state index contributed by atoms with van der Waals surface area (Å²) < 4.78 is 2.03. The van der Waals surface area contributed by atoms with E-state index in [0.717, 1.165) is 11.9 Å². The Bertz CT molecular complexity index is 1230. The lowest BCUT2D eigenvalue weighted by Gasteiger charge is -2.44. The SMILES string of the molecule is CC(C)N=C(NC(N(C)C)=[N+](C)C)NC(C)C.c1ccc([B-](c2ccccc2)(c2ccccc2)c2ccccc2)cc1. The summed E-state index contributed by atoms with van der Waals surface area (Å²) in [5.41, 5.74) is 5.36. The van der Waals surface area contributed by atoms with Gasteiger partial charge in [-0.05, 0) is 27.7 Å². The lowest BCUT2D eigenvalue weighted by Crippen LogP contribution is -2.74. The third kappa shape index (κ3) is 8.35. The highest BCUT2D eigenvalue weighted by molar-refractivity contribution is 7.19. The molecule has 220 valence electrons. The highest BCUT2D eigenvalue weighted by Crippen LogP contribution is 2.09. The predicted octanol–water partition coefficient (Wildman–Crippen LogP) is 3.59. The lowest BCUT2D eigenvalue weighted by molar-refractivity contribution is -0.471. The second kappa shape index (κ2) is 15.6. The Morgan fingerprint density at radius 3 is 1.19 bits per heavy atom. The van der Waals surface area contributed by atoms with Gasteiger partial charge >= 0.3 is 5.96 Å². The molecule has 0 bridgehead atoms. The molecule has 0 aromatic heterocycles. The minimum atomic E-state index is -1.22. The number of hydrogen-bond donors (Lipinski definition) is 2. The molecule has 5 nitrogen and oxygen atoms in total. The number of rotatable bonds is 6. The quantitative estimate of drug-likeness (QED) is 0.164. The molecule has 0 amide bonds. The summed E-state index contributed by atoms with van der Waals surface area (Å²) >= 11 is 0. The molecule has 0 unspecified atom stereocenters. The van der Waals surface area contributed by atoms with Crippen LogP contribution in [0.25, 0.3) is 0 Å². The van der Waals surface area contributed by atoms with Gasteiger partial charge in [-0.15, -0.1) is 0 Å². The van der Waals surface area contributed by atoms with Crippen LogP contribution in [0.4, 0.5) is 0 Å². The van der Waals surface area contributed by atoms with Gasteiger partial charge in [-0.1, -0.05) is 121 Å². The zero-order valence-corrected chi connectivity index (χ0v) is 26.6. The Kier molecular flexibility index (Phi) is 12.0. The summed E-state index contributed by atoms with van der Waals surface area (Å²) in [7, 11) is 8.02. The van der Waals surface area contributed by atoms with Crippen molar-refractivity contribution >= 4 is 39.9 Å². The summed E-state index contributed by atoms with van der Waals surface area (Å²) in [6.07, 6.45) is -1.22. The fourth-order valence-electron chi connectivity index (χ4n) is 5.49. The van der Waals surface area contributed by atoms with Gasteiger partial charge in [0.15, 0.2) is 0 Å². The Labute approximate surface area is 254 Å². The van der Waals surface area contributed by atoms with E-state index in [0.29, 0.717) is 6.04 Å². The van der Waals surface area contributed by atoms with E-state index in [1.807, 2.05) is 37.7 Å². The highest BCUT2D eigenvalue weighted by atomic mass is 15.3. The monoisotopic (exact) mass is 561 g/mol. The van der Waals surface area contributed by atoms with Crippen molar-refractivity contribution in [2.75, 3.05) is 28.2 Å². The maximum Gasteiger partial charge on any atom is 0.354 e. The molecule has 0 heterocycles. The topological polar surface area (TPSA) is 42.7 Å². The molecule has 0 aliphatic carbocycles. The minimum Gasteiger partial charge on any atom is -0.341 e. The first-order valence-corrected chi connectivity index (χ1v) is 14.9. The Morgan fingerprint density at radius 2 is 0.952 bits per heavy atom. The standard InChI is InChI=1S/C24H20B.C12H27N5/c1-5-13-21(14-6-1)25(22-15-7-2-8-16-22,23-17-9-3-10-18-23)24-19-11-4-12-20-24;1-9(2)13-11(14-10(3)4)15-12(16(5)6)17(7)8/h1-20H;9-10H,1-8H3,(H,13,14)/q-1;/p+1. The number of hydrogen-bond acceptors (Lipinski definition) is 1. The van der Waals surface area contributed by atoms with Crippen LogP contribution in [0.2, 0.25) is 0 Å². The van der Waals surface area contributed by atoms with Crippen molar-refractivity contribution in [2.24, 2.45) is 4.99 Å². The van der Waals surface area contributed by atoms with E-state index >= 15 is 0 Å². The van der Waals surface area contributed by atoms with E-state index in [1.165, 1.54) is 21.9 Å². The van der Waals surface area contributed by atoms with Crippen molar-refractivity contribution in [2.45, 2.75) is 39.8 Å². The van der Waals surface area contributed by atoms with Gasteiger partial charge in [0.2, 0.25) is 0 Å². The van der Waals surface area contributed by atoms with E-state index in [9.17, 15) is 0 Å². The first-order valence-electron chi connectivity index (χ1n) is 14.9. The van der Waals surface area contributed by atoms with Crippen LogP contribution in [0.3, 0.4) is 0 Å². The third-order valence-electron chi connectivity index (χ3n) is 7.09. The Balaban J connectivity index is 0.000000252. The predicted molar refractivity (Wildman–Crippen MR) is 185 cm³/mol. The molecular formula is C36H48BN5. The molecule has 0 saturated carbocycles. The number of aliphatic imine (C=N–C) groups is 1. The summed E-state index contributed by atoms with van der Waals surface area (Å²) in [5, 5.41) is 6.64.